The van der Waals surface area contributed by atoms with E-state index in [2.05, 4.69) is 15.6 Å². The zero-order chi connectivity index (χ0) is 14.4. The highest BCUT2D eigenvalue weighted by Crippen LogP contribution is 2.29. The van der Waals surface area contributed by atoms with Gasteiger partial charge in [-0.05, 0) is 43.3 Å². The second-order valence-corrected chi connectivity index (χ2v) is 7.67. The van der Waals surface area contributed by atoms with Gasteiger partial charge in [0, 0.05) is 11.4 Å². The molecule has 1 aromatic rings. The molecule has 1 fully saturated rings. The Bertz CT molecular complexity index is 531. The van der Waals surface area contributed by atoms with Gasteiger partial charge in [0.1, 0.15) is 0 Å². The van der Waals surface area contributed by atoms with Crippen LogP contribution >= 0.6 is 11.9 Å². The number of nitrogens with zero attached hydrogens (tertiary/aromatic N) is 1. The molecule has 2 rings (SSSR count). The van der Waals surface area contributed by atoms with Crippen LogP contribution in [0.3, 0.4) is 0 Å². The number of hydrogen-bond acceptors (Lipinski definition) is 4. The van der Waals surface area contributed by atoms with Gasteiger partial charge in [0.15, 0.2) is 0 Å². The van der Waals surface area contributed by atoms with Crippen LogP contribution in [0.25, 0.3) is 0 Å². The number of sulfonamides is 1. The van der Waals surface area contributed by atoms with Crippen molar-refractivity contribution < 1.29 is 8.42 Å². The summed E-state index contributed by atoms with van der Waals surface area (Å²) in [5, 5.41) is 0. The smallest absolute Gasteiger partial charge is 0.216 e. The van der Waals surface area contributed by atoms with Gasteiger partial charge in [-0.25, -0.2) is 12.7 Å². The molecule has 110 valence electrons. The molecule has 20 heavy (non-hydrogen) atoms. The van der Waals surface area contributed by atoms with Crippen molar-refractivity contribution in [1.29, 1.82) is 0 Å². The van der Waals surface area contributed by atoms with Gasteiger partial charge in [-0.15, -0.1) is 6.58 Å². The Morgan fingerprint density at radius 1 is 1.35 bits per heavy atom. The fourth-order valence-corrected chi connectivity index (χ4v) is 4.35. The van der Waals surface area contributed by atoms with Gasteiger partial charge in [-0.3, -0.25) is 0 Å². The van der Waals surface area contributed by atoms with Crippen LogP contribution in [0.2, 0.25) is 0 Å². The first-order valence-electron chi connectivity index (χ1n) is 6.71. The van der Waals surface area contributed by atoms with Gasteiger partial charge in [0.2, 0.25) is 10.0 Å². The molecule has 1 saturated heterocycles. The quantitative estimate of drug-likeness (QED) is 0.648. The molecule has 6 heteroatoms. The third kappa shape index (κ3) is 4.63. The summed E-state index contributed by atoms with van der Waals surface area (Å²) >= 11 is 1.61. The topological polar surface area (TPSA) is 49.4 Å². The second kappa shape index (κ2) is 7.26. The summed E-state index contributed by atoms with van der Waals surface area (Å²) in [6.45, 7) is 4.38. The van der Waals surface area contributed by atoms with E-state index >= 15 is 0 Å². The van der Waals surface area contributed by atoms with Gasteiger partial charge in [0.25, 0.3) is 0 Å². The fraction of sp³-hybridized carbons (Fsp3) is 0.429. The van der Waals surface area contributed by atoms with Crippen molar-refractivity contribution >= 4 is 22.0 Å². The van der Waals surface area contributed by atoms with Gasteiger partial charge < -0.3 is 0 Å². The minimum absolute atomic E-state index is 0.0344. The van der Waals surface area contributed by atoms with Crippen molar-refractivity contribution in [3.05, 3.63) is 43.0 Å². The van der Waals surface area contributed by atoms with Gasteiger partial charge in [-0.2, -0.15) is 4.72 Å². The van der Waals surface area contributed by atoms with Crippen molar-refractivity contribution in [1.82, 2.24) is 9.03 Å². The molecular weight excluding hydrogens is 292 g/mol. The zero-order valence-corrected chi connectivity index (χ0v) is 13.0. The summed E-state index contributed by atoms with van der Waals surface area (Å²) in [6, 6.07) is 10.0. The molecule has 1 N–H and O–H groups in total. The lowest BCUT2D eigenvalue weighted by atomic mass is 10.1. The summed E-state index contributed by atoms with van der Waals surface area (Å²) in [5.41, 5.74) is 0. The Balaban J connectivity index is 2.04. The SMILES string of the molecule is C=CCS(=O)(=O)NC1CCCCN1Sc1ccccc1. The highest BCUT2D eigenvalue weighted by Gasteiger charge is 2.26. The first kappa shape index (κ1) is 15.6. The monoisotopic (exact) mass is 312 g/mol. The van der Waals surface area contributed by atoms with Crippen LogP contribution in [-0.4, -0.2) is 31.2 Å². The molecule has 1 aliphatic heterocycles. The third-order valence-electron chi connectivity index (χ3n) is 3.07. The summed E-state index contributed by atoms with van der Waals surface area (Å²) < 4.78 is 28.7. The van der Waals surface area contributed by atoms with Crippen LogP contribution in [0.5, 0.6) is 0 Å². The summed E-state index contributed by atoms with van der Waals surface area (Å²) in [7, 11) is -3.28. The van der Waals surface area contributed by atoms with Crippen molar-refractivity contribution in [2.75, 3.05) is 12.3 Å². The zero-order valence-electron chi connectivity index (χ0n) is 11.4. The molecule has 1 aliphatic rings. The van der Waals surface area contributed by atoms with Crippen molar-refractivity contribution in [2.24, 2.45) is 0 Å². The van der Waals surface area contributed by atoms with E-state index in [9.17, 15) is 8.42 Å². The first-order valence-corrected chi connectivity index (χ1v) is 9.14. The van der Waals surface area contributed by atoms with E-state index in [1.807, 2.05) is 30.3 Å². The Kier molecular flexibility index (Phi) is 5.65. The largest absolute Gasteiger partial charge is 0.229 e. The van der Waals surface area contributed by atoms with E-state index in [0.717, 1.165) is 30.7 Å². The maximum absolute atomic E-state index is 11.9. The van der Waals surface area contributed by atoms with Crippen LogP contribution < -0.4 is 4.72 Å². The van der Waals surface area contributed by atoms with Crippen LogP contribution in [0.15, 0.2) is 47.9 Å². The van der Waals surface area contributed by atoms with E-state index < -0.39 is 10.0 Å². The summed E-state index contributed by atoms with van der Waals surface area (Å²) in [6.07, 6.45) is 4.27. The maximum atomic E-state index is 11.9. The van der Waals surface area contributed by atoms with Crippen molar-refractivity contribution in [3.8, 4) is 0 Å². The summed E-state index contributed by atoms with van der Waals surface area (Å²) in [4.78, 5) is 1.13. The van der Waals surface area contributed by atoms with Crippen LogP contribution in [-0.2, 0) is 10.0 Å². The Morgan fingerprint density at radius 3 is 2.80 bits per heavy atom. The highest BCUT2D eigenvalue weighted by molar-refractivity contribution is 7.97. The summed E-state index contributed by atoms with van der Waals surface area (Å²) in [5.74, 6) is -0.0344. The van der Waals surface area contributed by atoms with E-state index in [1.165, 1.54) is 6.08 Å². The average Bonchev–Trinajstić information content (AvgIpc) is 2.42. The molecule has 0 amide bonds. The Morgan fingerprint density at radius 2 is 2.10 bits per heavy atom. The third-order valence-corrected chi connectivity index (χ3v) is 5.53. The Hall–Kier alpha value is -0.820. The Labute approximate surface area is 125 Å². The number of piperidine rings is 1. The number of benzene rings is 1. The first-order chi connectivity index (χ1) is 9.61. The number of nitrogens with one attached hydrogen (secondary N) is 1. The van der Waals surface area contributed by atoms with Crippen LogP contribution in [0.4, 0.5) is 0 Å². The number of hydrogen-bond donors (Lipinski definition) is 1. The minimum Gasteiger partial charge on any atom is -0.229 e. The molecule has 1 aromatic carbocycles. The molecule has 4 nitrogen and oxygen atoms in total. The van der Waals surface area contributed by atoms with Crippen LogP contribution in [0, 0.1) is 0 Å². The molecule has 0 saturated carbocycles. The van der Waals surface area contributed by atoms with Gasteiger partial charge in [-0.1, -0.05) is 24.3 Å². The molecule has 1 heterocycles. The normalized spacial score (nSPS) is 20.7. The lowest BCUT2D eigenvalue weighted by molar-refractivity contribution is 0.261. The number of rotatable bonds is 6. The standard InChI is InChI=1S/C14H20N2O2S2/c1-2-12-20(17,18)15-14-10-6-7-11-16(14)19-13-8-4-3-5-9-13/h2-5,8-9,14-15H,1,6-7,10-12H2. The lowest BCUT2D eigenvalue weighted by Crippen LogP contribution is -2.47. The molecule has 0 aromatic heterocycles. The van der Waals surface area contributed by atoms with Crippen molar-refractivity contribution in [3.63, 3.8) is 0 Å². The highest BCUT2D eigenvalue weighted by atomic mass is 32.2. The molecule has 1 atom stereocenters. The molecule has 0 spiro atoms. The van der Waals surface area contributed by atoms with E-state index in [0.29, 0.717) is 0 Å². The van der Waals surface area contributed by atoms with Gasteiger partial charge in [0.05, 0.1) is 11.9 Å². The molecular formula is C14H20N2O2S2. The predicted molar refractivity (Wildman–Crippen MR) is 83.8 cm³/mol. The lowest BCUT2D eigenvalue weighted by Gasteiger charge is -2.34. The van der Waals surface area contributed by atoms with E-state index in [-0.39, 0.29) is 11.9 Å². The average molecular weight is 312 g/mol. The maximum Gasteiger partial charge on any atom is 0.216 e. The second-order valence-electron chi connectivity index (χ2n) is 4.74. The van der Waals surface area contributed by atoms with Crippen molar-refractivity contribution in [2.45, 2.75) is 30.3 Å². The fourth-order valence-electron chi connectivity index (χ4n) is 2.16. The predicted octanol–water partition coefficient (Wildman–Crippen LogP) is 2.61. The molecule has 0 radical (unpaired) electrons. The molecule has 0 aliphatic carbocycles. The van der Waals surface area contributed by atoms with Gasteiger partial charge >= 0.3 is 0 Å². The molecule has 0 bridgehead atoms. The van der Waals surface area contributed by atoms with E-state index in [4.69, 9.17) is 0 Å². The van der Waals surface area contributed by atoms with E-state index in [1.54, 1.807) is 11.9 Å². The minimum atomic E-state index is -3.28. The molecule has 1 unspecified atom stereocenters. The van der Waals surface area contributed by atoms with Crippen LogP contribution in [0.1, 0.15) is 19.3 Å².